The van der Waals surface area contributed by atoms with Gasteiger partial charge in [-0.2, -0.15) is 18.3 Å². The van der Waals surface area contributed by atoms with Crippen LogP contribution in [-0.2, 0) is 22.8 Å². The first-order valence-corrected chi connectivity index (χ1v) is 10.9. The summed E-state index contributed by atoms with van der Waals surface area (Å²) < 4.78 is 46.4. The van der Waals surface area contributed by atoms with Crippen LogP contribution in [0.1, 0.15) is 25.5 Å². The van der Waals surface area contributed by atoms with Crippen molar-refractivity contribution < 1.29 is 22.7 Å². The molecule has 4 heterocycles. The molecule has 2 aliphatic rings. The fourth-order valence-electron chi connectivity index (χ4n) is 4.02. The number of amidine groups is 1. The SMILES string of the molecule is CC(=O)N1CCC(NC2CCOC2)=C(C(N)=Nc2ccc(-c3cn(C)nc3C(F)(F)F)nc2)C1. The maximum Gasteiger partial charge on any atom is 0.435 e. The van der Waals surface area contributed by atoms with Crippen molar-refractivity contribution >= 4 is 17.4 Å². The molecule has 2 aliphatic heterocycles. The second kappa shape index (κ2) is 9.45. The number of aryl methyl sites for hydroxylation is 1. The maximum atomic E-state index is 13.3. The van der Waals surface area contributed by atoms with Crippen molar-refractivity contribution in [3.63, 3.8) is 0 Å². The summed E-state index contributed by atoms with van der Waals surface area (Å²) in [6.45, 7) is 3.68. The van der Waals surface area contributed by atoms with Crippen LogP contribution in [0.5, 0.6) is 0 Å². The molecule has 0 aromatic carbocycles. The number of rotatable bonds is 5. The maximum absolute atomic E-state index is 13.3. The monoisotopic (exact) mass is 477 g/mol. The smallest absolute Gasteiger partial charge is 0.383 e. The Bertz CT molecular complexity index is 1120. The summed E-state index contributed by atoms with van der Waals surface area (Å²) in [5, 5.41) is 6.98. The van der Waals surface area contributed by atoms with Crippen molar-refractivity contribution in [3.8, 4) is 11.3 Å². The highest BCUT2D eigenvalue weighted by atomic mass is 19.4. The van der Waals surface area contributed by atoms with Crippen LogP contribution < -0.4 is 11.1 Å². The average molecular weight is 477 g/mol. The number of hydrogen-bond donors (Lipinski definition) is 2. The summed E-state index contributed by atoms with van der Waals surface area (Å²) in [5.74, 6) is 0.163. The topological polar surface area (TPSA) is 111 Å². The van der Waals surface area contributed by atoms with Gasteiger partial charge in [0.1, 0.15) is 5.84 Å². The zero-order valence-corrected chi connectivity index (χ0v) is 18.9. The molecular formula is C22H26F3N7O2. The number of nitrogens with zero attached hydrogens (tertiary/aromatic N) is 5. The van der Waals surface area contributed by atoms with Crippen LogP contribution in [-0.4, -0.2) is 63.8 Å². The Labute approximate surface area is 194 Å². The van der Waals surface area contributed by atoms with E-state index in [1.54, 1.807) is 11.0 Å². The lowest BCUT2D eigenvalue weighted by atomic mass is 10.0. The molecule has 1 amide bonds. The highest BCUT2D eigenvalue weighted by Gasteiger charge is 2.37. The van der Waals surface area contributed by atoms with Gasteiger partial charge >= 0.3 is 6.18 Å². The molecule has 34 heavy (non-hydrogen) atoms. The number of ether oxygens (including phenoxy) is 1. The van der Waals surface area contributed by atoms with E-state index in [0.29, 0.717) is 44.0 Å². The van der Waals surface area contributed by atoms with E-state index >= 15 is 0 Å². The number of halogens is 3. The summed E-state index contributed by atoms with van der Waals surface area (Å²) in [6.07, 6.45) is -0.469. The molecule has 0 bridgehead atoms. The Morgan fingerprint density at radius 3 is 2.76 bits per heavy atom. The number of carbonyl (C=O) groups is 1. The second-order valence-corrected chi connectivity index (χ2v) is 8.31. The lowest BCUT2D eigenvalue weighted by molar-refractivity contribution is -0.141. The van der Waals surface area contributed by atoms with Gasteiger partial charge < -0.3 is 20.7 Å². The molecule has 4 rings (SSSR count). The summed E-state index contributed by atoms with van der Waals surface area (Å²) in [6, 6.07) is 3.17. The first-order chi connectivity index (χ1) is 16.1. The van der Waals surface area contributed by atoms with Gasteiger partial charge in [-0.3, -0.25) is 14.5 Å². The van der Waals surface area contributed by atoms with Gasteiger partial charge in [0.15, 0.2) is 5.69 Å². The minimum atomic E-state index is -4.59. The number of nitrogens with one attached hydrogen (secondary N) is 1. The van der Waals surface area contributed by atoms with Gasteiger partial charge in [-0.25, -0.2) is 4.99 Å². The van der Waals surface area contributed by atoms with Crippen molar-refractivity contribution in [2.75, 3.05) is 26.3 Å². The van der Waals surface area contributed by atoms with Gasteiger partial charge in [0.25, 0.3) is 0 Å². The zero-order chi connectivity index (χ0) is 24.5. The third-order valence-corrected chi connectivity index (χ3v) is 5.78. The summed E-state index contributed by atoms with van der Waals surface area (Å²) in [4.78, 5) is 22.2. The molecule has 182 valence electrons. The van der Waals surface area contributed by atoms with Crippen LogP contribution in [0.2, 0.25) is 0 Å². The molecule has 1 saturated heterocycles. The normalized spacial score (nSPS) is 19.6. The quantitative estimate of drug-likeness (QED) is 0.505. The third-order valence-electron chi connectivity index (χ3n) is 5.78. The number of amides is 1. The van der Waals surface area contributed by atoms with Crippen LogP contribution in [0.4, 0.5) is 18.9 Å². The van der Waals surface area contributed by atoms with Gasteiger partial charge in [-0.15, -0.1) is 0 Å². The molecule has 3 N–H and O–H groups in total. The summed E-state index contributed by atoms with van der Waals surface area (Å²) in [7, 11) is 1.42. The number of nitrogens with two attached hydrogens (primary N) is 1. The molecule has 2 aromatic heterocycles. The molecule has 0 radical (unpaired) electrons. The van der Waals surface area contributed by atoms with Gasteiger partial charge in [0.2, 0.25) is 5.91 Å². The molecular weight excluding hydrogens is 451 g/mol. The van der Waals surface area contributed by atoms with E-state index in [-0.39, 0.29) is 29.0 Å². The van der Waals surface area contributed by atoms with Crippen LogP contribution in [0, 0.1) is 0 Å². The molecule has 0 spiro atoms. The van der Waals surface area contributed by atoms with Crippen LogP contribution in [0.3, 0.4) is 0 Å². The Morgan fingerprint density at radius 1 is 1.35 bits per heavy atom. The second-order valence-electron chi connectivity index (χ2n) is 8.31. The number of alkyl halides is 3. The highest BCUT2D eigenvalue weighted by molar-refractivity contribution is 6.00. The molecule has 1 unspecified atom stereocenters. The van der Waals surface area contributed by atoms with E-state index in [9.17, 15) is 18.0 Å². The van der Waals surface area contributed by atoms with Crippen molar-refractivity contribution in [1.82, 2.24) is 25.0 Å². The highest BCUT2D eigenvalue weighted by Crippen LogP contribution is 2.35. The Kier molecular flexibility index (Phi) is 6.60. The van der Waals surface area contributed by atoms with E-state index in [0.717, 1.165) is 16.8 Å². The standard InChI is InChI=1S/C22H26F3N7O2/c1-13(33)32-7-5-19(28-15-6-8-34-12-15)17(11-32)21(26)29-14-3-4-18(27-9-14)16-10-31(2)30-20(16)22(23,24)25/h3-4,9-10,15,28H,5-8,11-12H2,1-2H3,(H2,26,29). The minimum Gasteiger partial charge on any atom is -0.383 e. The van der Waals surface area contributed by atoms with Gasteiger partial charge in [0, 0.05) is 51.0 Å². The van der Waals surface area contributed by atoms with Crippen molar-refractivity contribution in [1.29, 1.82) is 0 Å². The van der Waals surface area contributed by atoms with E-state index < -0.39 is 11.9 Å². The molecule has 0 aliphatic carbocycles. The molecule has 2 aromatic rings. The number of aromatic nitrogens is 3. The van der Waals surface area contributed by atoms with Gasteiger partial charge in [-0.05, 0) is 18.6 Å². The first-order valence-electron chi connectivity index (χ1n) is 10.9. The zero-order valence-electron chi connectivity index (χ0n) is 18.9. The lowest BCUT2D eigenvalue weighted by Crippen LogP contribution is -2.43. The Balaban J connectivity index is 1.61. The number of hydrogen-bond acceptors (Lipinski definition) is 6. The van der Waals surface area contributed by atoms with E-state index in [2.05, 4.69) is 20.4 Å². The number of carbonyl (C=O) groups excluding carboxylic acids is 1. The predicted molar refractivity (Wildman–Crippen MR) is 119 cm³/mol. The van der Waals surface area contributed by atoms with Crippen molar-refractivity contribution in [2.24, 2.45) is 17.8 Å². The lowest BCUT2D eigenvalue weighted by Gasteiger charge is -2.31. The number of aliphatic imine (C=N–C) groups is 1. The molecule has 1 fully saturated rings. The minimum absolute atomic E-state index is 0.0588. The molecule has 0 saturated carbocycles. The van der Waals surface area contributed by atoms with E-state index in [1.165, 1.54) is 32.4 Å². The van der Waals surface area contributed by atoms with E-state index in [4.69, 9.17) is 10.5 Å². The number of pyridine rings is 1. The largest absolute Gasteiger partial charge is 0.435 e. The van der Waals surface area contributed by atoms with Crippen LogP contribution in [0.15, 0.2) is 40.8 Å². The first kappa shape index (κ1) is 23.7. The summed E-state index contributed by atoms with van der Waals surface area (Å²) >= 11 is 0. The van der Waals surface area contributed by atoms with Crippen molar-refractivity contribution in [2.45, 2.75) is 32.0 Å². The van der Waals surface area contributed by atoms with Gasteiger partial charge in [0.05, 0.1) is 42.3 Å². The van der Waals surface area contributed by atoms with E-state index in [1.807, 2.05) is 0 Å². The molecule has 9 nitrogen and oxygen atoms in total. The van der Waals surface area contributed by atoms with Crippen LogP contribution >= 0.6 is 0 Å². The van der Waals surface area contributed by atoms with Crippen molar-refractivity contribution in [3.05, 3.63) is 41.5 Å². The van der Waals surface area contributed by atoms with Gasteiger partial charge in [-0.1, -0.05) is 0 Å². The summed E-state index contributed by atoms with van der Waals surface area (Å²) in [5.41, 5.74) is 7.36. The Morgan fingerprint density at radius 2 is 2.15 bits per heavy atom. The Hall–Kier alpha value is -3.41. The molecule has 12 heteroatoms. The van der Waals surface area contributed by atoms with Crippen LogP contribution in [0.25, 0.3) is 11.3 Å². The fourth-order valence-corrected chi connectivity index (χ4v) is 4.02. The fraction of sp³-hybridized carbons (Fsp3) is 0.455. The third kappa shape index (κ3) is 5.22. The molecule has 1 atom stereocenters. The predicted octanol–water partition coefficient (Wildman–Crippen LogP) is 2.37. The average Bonchev–Trinajstić information content (AvgIpc) is 3.43.